The van der Waals surface area contributed by atoms with E-state index < -0.39 is 47.8 Å². The van der Waals surface area contributed by atoms with Gasteiger partial charge in [-0.3, -0.25) is 5.32 Å². The Balaban J connectivity index is 2.48. The van der Waals surface area contributed by atoms with Crippen molar-refractivity contribution in [1.82, 2.24) is 5.32 Å². The minimum absolute atomic E-state index is 0.606. The molecule has 1 aliphatic heterocycles. The second-order valence-electron chi connectivity index (χ2n) is 4.33. The molecule has 2 N–H and O–H groups in total. The maximum Gasteiger partial charge on any atom is 0.415 e. The Bertz CT molecular complexity index is 315. The standard InChI is InChI=1S/C8H8ClF6NO/c9-4-2-1-3(17)5(4)16-6(2,7(10,11)12)8(13,14)15/h2-5,16-17H,1H2/t2-,3+,4-,5+/m0/s1. The third-order valence-corrected chi connectivity index (χ3v) is 4.06. The molecule has 1 aliphatic carbocycles. The first-order valence-corrected chi connectivity index (χ1v) is 5.19. The van der Waals surface area contributed by atoms with Crippen molar-refractivity contribution in [3.05, 3.63) is 0 Å². The lowest BCUT2D eigenvalue weighted by Gasteiger charge is -2.41. The van der Waals surface area contributed by atoms with Crippen LogP contribution in [0.3, 0.4) is 0 Å². The number of fused-ring (bicyclic) bond motifs is 2. The van der Waals surface area contributed by atoms with Gasteiger partial charge in [-0.15, -0.1) is 11.6 Å². The monoisotopic (exact) mass is 283 g/mol. The quantitative estimate of drug-likeness (QED) is 0.525. The summed E-state index contributed by atoms with van der Waals surface area (Å²) >= 11 is 5.54. The molecule has 0 aromatic rings. The van der Waals surface area contributed by atoms with E-state index in [2.05, 4.69) is 0 Å². The van der Waals surface area contributed by atoms with Gasteiger partial charge in [-0.25, -0.2) is 0 Å². The molecule has 4 atom stereocenters. The number of hydrogen-bond acceptors (Lipinski definition) is 2. The van der Waals surface area contributed by atoms with Crippen LogP contribution >= 0.6 is 11.6 Å². The van der Waals surface area contributed by atoms with Gasteiger partial charge in [-0.2, -0.15) is 26.3 Å². The van der Waals surface area contributed by atoms with Crippen LogP contribution in [0.15, 0.2) is 0 Å². The predicted molar refractivity (Wildman–Crippen MR) is 45.5 cm³/mol. The zero-order valence-corrected chi connectivity index (χ0v) is 8.87. The van der Waals surface area contributed by atoms with Crippen LogP contribution < -0.4 is 5.32 Å². The molecule has 2 aliphatic rings. The summed E-state index contributed by atoms with van der Waals surface area (Å²) < 4.78 is 76.5. The van der Waals surface area contributed by atoms with Crippen LogP contribution in [0.5, 0.6) is 0 Å². The van der Waals surface area contributed by atoms with Crippen molar-refractivity contribution >= 4 is 11.6 Å². The van der Waals surface area contributed by atoms with Gasteiger partial charge >= 0.3 is 12.4 Å². The van der Waals surface area contributed by atoms with Crippen LogP contribution in [0.1, 0.15) is 6.42 Å². The molecule has 2 rings (SSSR count). The number of nitrogens with one attached hydrogen (secondary N) is 1. The molecule has 1 saturated heterocycles. The van der Waals surface area contributed by atoms with Gasteiger partial charge in [-0.05, 0) is 6.42 Å². The third kappa shape index (κ3) is 1.50. The highest BCUT2D eigenvalue weighted by Gasteiger charge is 2.81. The Morgan fingerprint density at radius 2 is 1.59 bits per heavy atom. The first-order chi connectivity index (χ1) is 7.52. The van der Waals surface area contributed by atoms with Gasteiger partial charge in [0.15, 0.2) is 0 Å². The molecule has 0 aromatic heterocycles. The van der Waals surface area contributed by atoms with Crippen molar-refractivity contribution in [3.8, 4) is 0 Å². The molecule has 0 amide bonds. The van der Waals surface area contributed by atoms with E-state index in [9.17, 15) is 31.4 Å². The average Bonchev–Trinajstić information content (AvgIpc) is 2.53. The van der Waals surface area contributed by atoms with Crippen LogP contribution in [0, 0.1) is 5.92 Å². The lowest BCUT2D eigenvalue weighted by Crippen LogP contribution is -2.70. The van der Waals surface area contributed by atoms with Crippen molar-refractivity contribution in [2.75, 3.05) is 0 Å². The summed E-state index contributed by atoms with van der Waals surface area (Å²) in [5.74, 6) is -1.90. The normalized spacial score (nSPS) is 40.9. The Hall–Kier alpha value is -0.210. The molecule has 2 nitrogen and oxygen atoms in total. The highest BCUT2D eigenvalue weighted by Crippen LogP contribution is 2.58. The first-order valence-electron chi connectivity index (χ1n) is 4.75. The van der Waals surface area contributed by atoms with E-state index in [1.54, 1.807) is 0 Å². The van der Waals surface area contributed by atoms with Gasteiger partial charge in [0.25, 0.3) is 0 Å². The van der Waals surface area contributed by atoms with Gasteiger partial charge in [0.05, 0.1) is 17.5 Å². The maximum atomic E-state index is 12.7. The fraction of sp³-hybridized carbons (Fsp3) is 1.00. The fourth-order valence-electron chi connectivity index (χ4n) is 2.71. The number of piperidine rings is 1. The van der Waals surface area contributed by atoms with E-state index in [0.29, 0.717) is 0 Å². The molecular formula is C8H8ClF6NO. The summed E-state index contributed by atoms with van der Waals surface area (Å²) in [5.41, 5.74) is -4.00. The summed E-state index contributed by atoms with van der Waals surface area (Å²) in [6.07, 6.45) is -12.9. The van der Waals surface area contributed by atoms with Crippen molar-refractivity contribution < 1.29 is 31.4 Å². The number of rotatable bonds is 0. The Morgan fingerprint density at radius 3 is 1.82 bits per heavy atom. The average molecular weight is 284 g/mol. The zero-order chi connectivity index (χ0) is 13.2. The number of aliphatic hydroxyl groups is 1. The maximum absolute atomic E-state index is 12.7. The molecule has 0 aromatic carbocycles. The summed E-state index contributed by atoms with van der Waals surface area (Å²) in [4.78, 5) is 0. The summed E-state index contributed by atoms with van der Waals surface area (Å²) in [6.45, 7) is 0. The van der Waals surface area contributed by atoms with Crippen molar-refractivity contribution in [2.24, 2.45) is 5.92 Å². The first kappa shape index (κ1) is 13.2. The highest BCUT2D eigenvalue weighted by molar-refractivity contribution is 6.22. The van der Waals surface area contributed by atoms with Gasteiger partial charge in [0, 0.05) is 5.92 Å². The Kier molecular flexibility index (Phi) is 2.66. The second-order valence-corrected chi connectivity index (χ2v) is 4.83. The fourth-order valence-corrected chi connectivity index (χ4v) is 3.23. The van der Waals surface area contributed by atoms with Crippen LogP contribution in [-0.4, -0.2) is 40.5 Å². The zero-order valence-electron chi connectivity index (χ0n) is 8.11. The van der Waals surface area contributed by atoms with Crippen molar-refractivity contribution in [1.29, 1.82) is 0 Å². The molecule has 1 saturated carbocycles. The molecule has 100 valence electrons. The number of alkyl halides is 7. The van der Waals surface area contributed by atoms with Gasteiger partial charge in [0.1, 0.15) is 0 Å². The van der Waals surface area contributed by atoms with E-state index in [1.807, 2.05) is 0 Å². The van der Waals surface area contributed by atoms with E-state index in [1.165, 1.54) is 5.32 Å². The molecule has 9 heteroatoms. The van der Waals surface area contributed by atoms with Gasteiger partial charge in [0.2, 0.25) is 5.54 Å². The van der Waals surface area contributed by atoms with Crippen LogP contribution in [-0.2, 0) is 0 Å². The molecule has 1 heterocycles. The molecule has 2 fully saturated rings. The molecule has 0 spiro atoms. The number of hydrogen-bond donors (Lipinski definition) is 2. The topological polar surface area (TPSA) is 32.3 Å². The van der Waals surface area contributed by atoms with E-state index in [4.69, 9.17) is 11.6 Å². The highest BCUT2D eigenvalue weighted by atomic mass is 35.5. The summed E-state index contributed by atoms with van der Waals surface area (Å²) in [5, 5.41) is 9.34. The molecule has 2 bridgehead atoms. The molecule has 17 heavy (non-hydrogen) atoms. The third-order valence-electron chi connectivity index (χ3n) is 3.48. The lowest BCUT2D eigenvalue weighted by atomic mass is 9.82. The van der Waals surface area contributed by atoms with Crippen molar-refractivity contribution in [2.45, 2.75) is 41.8 Å². The van der Waals surface area contributed by atoms with Crippen LogP contribution in [0.25, 0.3) is 0 Å². The van der Waals surface area contributed by atoms with Gasteiger partial charge < -0.3 is 5.11 Å². The largest absolute Gasteiger partial charge is 0.415 e. The Labute approximate surface area is 96.9 Å². The second kappa shape index (κ2) is 3.42. The smallest absolute Gasteiger partial charge is 0.391 e. The van der Waals surface area contributed by atoms with Crippen molar-refractivity contribution in [3.63, 3.8) is 0 Å². The minimum atomic E-state index is -5.50. The molecular weight excluding hydrogens is 276 g/mol. The molecule has 0 radical (unpaired) electrons. The van der Waals surface area contributed by atoms with E-state index in [0.717, 1.165) is 0 Å². The number of aliphatic hydroxyl groups excluding tert-OH is 1. The minimum Gasteiger partial charge on any atom is -0.391 e. The van der Waals surface area contributed by atoms with Crippen LogP contribution in [0.4, 0.5) is 26.3 Å². The SMILES string of the molecule is O[C@@H]1C[C@H]2[C@H](Cl)[C@@H]1NC2(C(F)(F)F)C(F)(F)F. The summed E-state index contributed by atoms with van der Waals surface area (Å²) in [7, 11) is 0. The molecule has 0 unspecified atom stereocenters. The van der Waals surface area contributed by atoms with E-state index in [-0.39, 0.29) is 0 Å². The number of halogens is 7. The van der Waals surface area contributed by atoms with Gasteiger partial charge in [-0.1, -0.05) is 0 Å². The predicted octanol–water partition coefficient (Wildman–Crippen LogP) is 1.81. The van der Waals surface area contributed by atoms with Crippen LogP contribution in [0.2, 0.25) is 0 Å². The lowest BCUT2D eigenvalue weighted by molar-refractivity contribution is -0.320. The summed E-state index contributed by atoms with van der Waals surface area (Å²) in [6, 6.07) is -1.38. The Morgan fingerprint density at radius 1 is 1.12 bits per heavy atom. The van der Waals surface area contributed by atoms with E-state index >= 15 is 0 Å².